The zero-order valence-corrected chi connectivity index (χ0v) is 12.0. The SMILES string of the molecule is CCOP(=O)(OCC)/C(=C/CC(C)C)CC. The molecular formula is C12H25O3P. The Morgan fingerprint density at radius 3 is 2.00 bits per heavy atom. The number of hydrogen-bond donors (Lipinski definition) is 0. The standard InChI is InChI=1S/C12H25O3P/c1-6-12(10-9-11(4)5)16(13,14-7-2)15-8-3/h10-11H,6-9H2,1-5H3/b12-10+. The third-order valence-corrected chi connectivity index (χ3v) is 4.54. The predicted octanol–water partition coefficient (Wildman–Crippen LogP) is 4.59. The highest BCUT2D eigenvalue weighted by Crippen LogP contribution is 2.57. The summed E-state index contributed by atoms with van der Waals surface area (Å²) in [5.41, 5.74) is 0. The second-order valence-corrected chi connectivity index (χ2v) is 6.10. The third kappa shape index (κ3) is 5.29. The molecule has 3 nitrogen and oxygen atoms in total. The van der Waals surface area contributed by atoms with E-state index in [0.717, 1.165) is 11.7 Å². The molecule has 0 amide bonds. The molecule has 4 heteroatoms. The summed E-state index contributed by atoms with van der Waals surface area (Å²) < 4.78 is 23.1. The third-order valence-electron chi connectivity index (χ3n) is 2.14. The van der Waals surface area contributed by atoms with Gasteiger partial charge in [0.25, 0.3) is 0 Å². The van der Waals surface area contributed by atoms with Crippen molar-refractivity contribution in [2.24, 2.45) is 5.92 Å². The quantitative estimate of drug-likeness (QED) is 0.589. The van der Waals surface area contributed by atoms with Gasteiger partial charge in [0.1, 0.15) is 0 Å². The van der Waals surface area contributed by atoms with Crippen molar-refractivity contribution >= 4 is 7.60 Å². The van der Waals surface area contributed by atoms with Crippen LogP contribution in [0.2, 0.25) is 0 Å². The van der Waals surface area contributed by atoms with E-state index in [9.17, 15) is 4.57 Å². The zero-order valence-electron chi connectivity index (χ0n) is 11.2. The van der Waals surface area contributed by atoms with E-state index in [-0.39, 0.29) is 0 Å². The highest BCUT2D eigenvalue weighted by Gasteiger charge is 2.27. The lowest BCUT2D eigenvalue weighted by molar-refractivity contribution is 0.225. The monoisotopic (exact) mass is 248 g/mol. The summed E-state index contributed by atoms with van der Waals surface area (Å²) in [6.07, 6.45) is 3.63. The second kappa shape index (κ2) is 8.05. The summed E-state index contributed by atoms with van der Waals surface area (Å²) in [5, 5.41) is 0.810. The van der Waals surface area contributed by atoms with Crippen LogP contribution in [0, 0.1) is 5.92 Å². The molecular weight excluding hydrogens is 223 g/mol. The van der Waals surface area contributed by atoms with Crippen LogP contribution in [0.15, 0.2) is 11.4 Å². The highest BCUT2D eigenvalue weighted by molar-refractivity contribution is 7.58. The Morgan fingerprint density at radius 2 is 1.69 bits per heavy atom. The van der Waals surface area contributed by atoms with E-state index in [1.165, 1.54) is 0 Å². The van der Waals surface area contributed by atoms with Crippen LogP contribution < -0.4 is 0 Å². The fourth-order valence-corrected chi connectivity index (χ4v) is 3.17. The zero-order chi connectivity index (χ0) is 12.6. The maximum absolute atomic E-state index is 12.4. The molecule has 0 saturated heterocycles. The van der Waals surface area contributed by atoms with E-state index in [0.29, 0.717) is 25.6 Å². The van der Waals surface area contributed by atoms with Gasteiger partial charge in [-0.15, -0.1) is 0 Å². The molecule has 0 bridgehead atoms. The summed E-state index contributed by atoms with van der Waals surface area (Å²) in [4.78, 5) is 0. The molecule has 0 saturated carbocycles. The van der Waals surface area contributed by atoms with Gasteiger partial charge in [-0.1, -0.05) is 26.8 Å². The smallest absolute Gasteiger partial charge is 0.306 e. The highest BCUT2D eigenvalue weighted by atomic mass is 31.2. The van der Waals surface area contributed by atoms with E-state index in [4.69, 9.17) is 9.05 Å². The summed E-state index contributed by atoms with van der Waals surface area (Å²) in [6.45, 7) is 10.7. The van der Waals surface area contributed by atoms with Gasteiger partial charge in [-0.25, -0.2) is 0 Å². The van der Waals surface area contributed by atoms with Gasteiger partial charge in [-0.3, -0.25) is 4.57 Å². The van der Waals surface area contributed by atoms with E-state index >= 15 is 0 Å². The van der Waals surface area contributed by atoms with Crippen LogP contribution in [-0.4, -0.2) is 13.2 Å². The molecule has 0 N–H and O–H groups in total. The lowest BCUT2D eigenvalue weighted by Crippen LogP contribution is -1.99. The molecule has 0 unspecified atom stereocenters. The molecule has 0 aromatic rings. The molecule has 0 fully saturated rings. The van der Waals surface area contributed by atoms with Crippen LogP contribution in [0.5, 0.6) is 0 Å². The number of allylic oxidation sites excluding steroid dienone is 2. The summed E-state index contributed by atoms with van der Waals surface area (Å²) in [5.74, 6) is 0.554. The van der Waals surface area contributed by atoms with E-state index in [2.05, 4.69) is 13.8 Å². The van der Waals surface area contributed by atoms with Crippen molar-refractivity contribution in [2.75, 3.05) is 13.2 Å². The maximum Gasteiger partial charge on any atom is 0.356 e. The van der Waals surface area contributed by atoms with Crippen LogP contribution in [-0.2, 0) is 13.6 Å². The summed E-state index contributed by atoms with van der Waals surface area (Å²) in [7, 11) is -3.02. The first kappa shape index (κ1) is 15.9. The number of hydrogen-bond acceptors (Lipinski definition) is 3. The van der Waals surface area contributed by atoms with Crippen LogP contribution in [0.25, 0.3) is 0 Å². The summed E-state index contributed by atoms with van der Waals surface area (Å²) in [6, 6.07) is 0. The molecule has 0 rings (SSSR count). The first-order valence-corrected chi connectivity index (χ1v) is 7.63. The van der Waals surface area contributed by atoms with Crippen LogP contribution in [0.3, 0.4) is 0 Å². The van der Waals surface area contributed by atoms with Crippen molar-refractivity contribution in [3.63, 3.8) is 0 Å². The average Bonchev–Trinajstić information content (AvgIpc) is 2.18. The van der Waals surface area contributed by atoms with Gasteiger partial charge < -0.3 is 9.05 Å². The van der Waals surface area contributed by atoms with Crippen molar-refractivity contribution < 1.29 is 13.6 Å². The van der Waals surface area contributed by atoms with Crippen molar-refractivity contribution in [2.45, 2.75) is 47.5 Å². The van der Waals surface area contributed by atoms with Gasteiger partial charge in [-0.05, 0) is 32.6 Å². The van der Waals surface area contributed by atoms with Gasteiger partial charge in [-0.2, -0.15) is 0 Å². The topological polar surface area (TPSA) is 35.5 Å². The largest absolute Gasteiger partial charge is 0.356 e. The second-order valence-electron chi connectivity index (χ2n) is 4.01. The lowest BCUT2D eigenvalue weighted by Gasteiger charge is -2.19. The molecule has 0 heterocycles. The molecule has 0 aliphatic rings. The molecule has 16 heavy (non-hydrogen) atoms. The van der Waals surface area contributed by atoms with Gasteiger partial charge in [0, 0.05) is 5.31 Å². The molecule has 0 aromatic heterocycles. The molecule has 0 radical (unpaired) electrons. The first-order valence-electron chi connectivity index (χ1n) is 6.08. The van der Waals surface area contributed by atoms with Gasteiger partial charge in [0.05, 0.1) is 13.2 Å². The van der Waals surface area contributed by atoms with Crippen molar-refractivity contribution in [1.29, 1.82) is 0 Å². The Bertz CT molecular complexity index is 249. The van der Waals surface area contributed by atoms with Crippen molar-refractivity contribution in [1.82, 2.24) is 0 Å². The molecule has 0 aliphatic carbocycles. The van der Waals surface area contributed by atoms with Crippen LogP contribution in [0.1, 0.15) is 47.5 Å². The first-order chi connectivity index (χ1) is 7.50. The molecule has 0 aliphatic heterocycles. The normalized spacial score (nSPS) is 13.5. The van der Waals surface area contributed by atoms with Crippen molar-refractivity contribution in [3.05, 3.63) is 11.4 Å². The Hall–Kier alpha value is -0.110. The predicted molar refractivity (Wildman–Crippen MR) is 68.7 cm³/mol. The fourth-order valence-electron chi connectivity index (χ4n) is 1.36. The van der Waals surface area contributed by atoms with Gasteiger partial charge in [0.2, 0.25) is 0 Å². The Morgan fingerprint density at radius 1 is 1.19 bits per heavy atom. The minimum absolute atomic E-state index is 0.413. The minimum Gasteiger partial charge on any atom is -0.306 e. The van der Waals surface area contributed by atoms with Gasteiger partial charge in [0.15, 0.2) is 0 Å². The Kier molecular flexibility index (Phi) is 8.00. The molecule has 0 atom stereocenters. The maximum atomic E-state index is 12.4. The van der Waals surface area contributed by atoms with E-state index < -0.39 is 7.60 Å². The Labute approximate surface area is 99.8 Å². The molecule has 0 aromatic carbocycles. The van der Waals surface area contributed by atoms with E-state index in [1.54, 1.807) is 0 Å². The Balaban J connectivity index is 4.83. The van der Waals surface area contributed by atoms with Crippen LogP contribution >= 0.6 is 7.60 Å². The minimum atomic E-state index is -3.02. The number of rotatable bonds is 8. The van der Waals surface area contributed by atoms with Gasteiger partial charge >= 0.3 is 7.60 Å². The molecule has 0 spiro atoms. The van der Waals surface area contributed by atoms with E-state index in [1.807, 2.05) is 26.8 Å². The lowest BCUT2D eigenvalue weighted by atomic mass is 10.1. The van der Waals surface area contributed by atoms with Crippen LogP contribution in [0.4, 0.5) is 0 Å². The van der Waals surface area contributed by atoms with Crippen molar-refractivity contribution in [3.8, 4) is 0 Å². The molecule has 96 valence electrons. The average molecular weight is 248 g/mol. The summed E-state index contributed by atoms with van der Waals surface area (Å²) >= 11 is 0. The fraction of sp³-hybridized carbons (Fsp3) is 0.833.